The zero-order valence-electron chi connectivity index (χ0n) is 16.8. The molecule has 152 valence electrons. The molecule has 4 rings (SSSR count). The van der Waals surface area contributed by atoms with Gasteiger partial charge in [0.25, 0.3) is 5.56 Å². The first-order valence-electron chi connectivity index (χ1n) is 9.88. The van der Waals surface area contributed by atoms with Crippen molar-refractivity contribution < 1.29 is 9.90 Å². The molecule has 1 aromatic carbocycles. The summed E-state index contributed by atoms with van der Waals surface area (Å²) in [6.07, 6.45) is 2.13. The Morgan fingerprint density at radius 2 is 1.93 bits per heavy atom. The molecular weight excluding hydrogens is 386 g/mol. The van der Waals surface area contributed by atoms with E-state index < -0.39 is 5.92 Å². The number of thioether (sulfide) groups is 1. The van der Waals surface area contributed by atoms with Crippen LogP contribution in [-0.4, -0.2) is 26.6 Å². The number of rotatable bonds is 4. The lowest BCUT2D eigenvalue weighted by atomic mass is 9.69. The maximum absolute atomic E-state index is 13.1. The van der Waals surface area contributed by atoms with Gasteiger partial charge in [0.1, 0.15) is 11.6 Å². The molecule has 0 spiro atoms. The Hall–Kier alpha value is -2.54. The number of phenols is 1. The van der Waals surface area contributed by atoms with Gasteiger partial charge in [-0.3, -0.25) is 9.59 Å². The summed E-state index contributed by atoms with van der Waals surface area (Å²) in [5, 5.41) is 13.6. The Morgan fingerprint density at radius 3 is 2.62 bits per heavy atom. The second-order valence-corrected chi connectivity index (χ2v) is 9.55. The molecule has 1 aliphatic carbocycles. The molecule has 0 amide bonds. The second-order valence-electron chi connectivity index (χ2n) is 8.46. The highest BCUT2D eigenvalue weighted by Gasteiger charge is 2.42. The van der Waals surface area contributed by atoms with Gasteiger partial charge in [0.2, 0.25) is 0 Å². The van der Waals surface area contributed by atoms with Crippen molar-refractivity contribution in [2.75, 3.05) is 11.1 Å². The minimum atomic E-state index is -0.494. The number of H-pyrrole nitrogens is 1. The van der Waals surface area contributed by atoms with E-state index in [1.165, 1.54) is 11.8 Å². The maximum Gasteiger partial charge on any atom is 0.257 e. The number of anilines is 1. The zero-order valence-corrected chi connectivity index (χ0v) is 17.7. The first-order valence-corrected chi connectivity index (χ1v) is 10.9. The maximum atomic E-state index is 13.1. The number of phenolic OH excluding ortho intramolecular Hbond substituents is 1. The summed E-state index contributed by atoms with van der Waals surface area (Å²) in [6, 6.07) is 6.71. The van der Waals surface area contributed by atoms with Crippen LogP contribution in [0.1, 0.15) is 57.1 Å². The highest BCUT2D eigenvalue weighted by Crippen LogP contribution is 2.47. The van der Waals surface area contributed by atoms with E-state index in [4.69, 9.17) is 0 Å². The lowest BCUT2D eigenvalue weighted by Crippen LogP contribution is -2.37. The molecule has 0 saturated carbocycles. The number of nitrogens with zero attached hydrogens (tertiary/aromatic N) is 1. The summed E-state index contributed by atoms with van der Waals surface area (Å²) in [5.41, 5.74) is 2.37. The van der Waals surface area contributed by atoms with Gasteiger partial charge in [-0.05, 0) is 36.0 Å². The first-order chi connectivity index (χ1) is 13.8. The van der Waals surface area contributed by atoms with E-state index in [0.29, 0.717) is 35.0 Å². The molecule has 0 radical (unpaired) electrons. The summed E-state index contributed by atoms with van der Waals surface area (Å²) >= 11 is 1.51. The Kier molecular flexibility index (Phi) is 5.02. The molecule has 1 aliphatic heterocycles. The molecular formula is C22H25N3O3S. The molecule has 1 atom stereocenters. The summed E-state index contributed by atoms with van der Waals surface area (Å²) in [4.78, 5) is 33.8. The van der Waals surface area contributed by atoms with E-state index in [2.05, 4.69) is 36.1 Å². The van der Waals surface area contributed by atoms with Gasteiger partial charge in [-0.2, -0.15) is 0 Å². The van der Waals surface area contributed by atoms with Gasteiger partial charge in [-0.1, -0.05) is 44.7 Å². The molecule has 3 N–H and O–H groups in total. The van der Waals surface area contributed by atoms with E-state index in [-0.39, 0.29) is 22.5 Å². The van der Waals surface area contributed by atoms with Gasteiger partial charge in [-0.25, -0.2) is 4.98 Å². The molecule has 29 heavy (non-hydrogen) atoms. The monoisotopic (exact) mass is 411 g/mol. The van der Waals surface area contributed by atoms with Crippen LogP contribution in [0.15, 0.2) is 45.5 Å². The average molecular weight is 412 g/mol. The number of benzene rings is 1. The third kappa shape index (κ3) is 3.71. The smallest absolute Gasteiger partial charge is 0.257 e. The van der Waals surface area contributed by atoms with Crippen molar-refractivity contribution in [3.8, 4) is 5.75 Å². The lowest BCUT2D eigenvalue weighted by Gasteiger charge is -2.38. The average Bonchev–Trinajstić information content (AvgIpc) is 2.64. The van der Waals surface area contributed by atoms with Crippen molar-refractivity contribution in [1.82, 2.24) is 9.97 Å². The second kappa shape index (κ2) is 7.37. The number of aromatic amines is 1. The van der Waals surface area contributed by atoms with Crippen LogP contribution in [0.2, 0.25) is 0 Å². The number of aromatic hydroxyl groups is 1. The standard InChI is InChI=1S/C22H25N3O3S/c1-4-9-29-21-24-19-18(20(28)25-21)16(12-5-7-13(26)8-6-12)17-14(23-19)10-22(2,3)11-15(17)27/h5-8,16,26H,4,9-11H2,1-3H3,(H2,23,24,25,28). The summed E-state index contributed by atoms with van der Waals surface area (Å²) in [6.45, 7) is 6.24. The lowest BCUT2D eigenvalue weighted by molar-refractivity contribution is -0.118. The molecule has 0 bridgehead atoms. The zero-order chi connectivity index (χ0) is 20.8. The fourth-order valence-electron chi connectivity index (χ4n) is 4.16. The topological polar surface area (TPSA) is 95.1 Å². The van der Waals surface area contributed by atoms with Gasteiger partial charge >= 0.3 is 0 Å². The number of ketones is 1. The van der Waals surface area contributed by atoms with E-state index in [1.807, 2.05) is 0 Å². The van der Waals surface area contributed by atoms with Crippen molar-refractivity contribution in [2.45, 2.75) is 51.1 Å². The van der Waals surface area contributed by atoms with Gasteiger partial charge < -0.3 is 15.4 Å². The fourth-order valence-corrected chi connectivity index (χ4v) is 4.88. The van der Waals surface area contributed by atoms with Gasteiger partial charge in [0, 0.05) is 29.4 Å². The fraction of sp³-hybridized carbons (Fsp3) is 0.409. The highest BCUT2D eigenvalue weighted by atomic mass is 32.2. The Bertz CT molecular complexity index is 1050. The Balaban J connectivity index is 1.91. The summed E-state index contributed by atoms with van der Waals surface area (Å²) in [7, 11) is 0. The van der Waals surface area contributed by atoms with Crippen LogP contribution in [-0.2, 0) is 4.79 Å². The van der Waals surface area contributed by atoms with Crippen LogP contribution >= 0.6 is 11.8 Å². The number of hydrogen-bond acceptors (Lipinski definition) is 6. The quantitative estimate of drug-likeness (QED) is 0.516. The van der Waals surface area contributed by atoms with Crippen molar-refractivity contribution in [3.05, 3.63) is 57.0 Å². The first kappa shape index (κ1) is 19.8. The minimum absolute atomic E-state index is 0.0521. The van der Waals surface area contributed by atoms with Gasteiger partial charge in [0.05, 0.1) is 5.56 Å². The number of nitrogens with one attached hydrogen (secondary N) is 2. The Morgan fingerprint density at radius 1 is 1.21 bits per heavy atom. The van der Waals surface area contributed by atoms with Crippen molar-refractivity contribution >= 4 is 23.4 Å². The number of allylic oxidation sites excluding steroid dienone is 2. The number of fused-ring (bicyclic) bond motifs is 1. The molecule has 1 unspecified atom stereocenters. The van der Waals surface area contributed by atoms with Crippen LogP contribution in [0.4, 0.5) is 5.82 Å². The van der Waals surface area contributed by atoms with Gasteiger partial charge in [0.15, 0.2) is 10.9 Å². The molecule has 0 fully saturated rings. The molecule has 2 heterocycles. The van der Waals surface area contributed by atoms with E-state index in [0.717, 1.165) is 23.4 Å². The van der Waals surface area contributed by atoms with Crippen LogP contribution in [0.25, 0.3) is 0 Å². The van der Waals surface area contributed by atoms with Crippen molar-refractivity contribution in [2.24, 2.45) is 5.41 Å². The largest absolute Gasteiger partial charge is 0.508 e. The number of Topliss-reactive ketones (excluding diaryl/α,β-unsaturated/α-hetero) is 1. The van der Waals surface area contributed by atoms with E-state index >= 15 is 0 Å². The molecule has 2 aromatic rings. The summed E-state index contributed by atoms with van der Waals surface area (Å²) in [5.74, 6) is 1.09. The molecule has 7 heteroatoms. The van der Waals surface area contributed by atoms with E-state index in [9.17, 15) is 14.7 Å². The Labute approximate surface area is 173 Å². The predicted molar refractivity (Wildman–Crippen MR) is 114 cm³/mol. The number of carbonyl (C=O) groups is 1. The highest BCUT2D eigenvalue weighted by molar-refractivity contribution is 7.99. The number of carbonyl (C=O) groups excluding carboxylic acids is 1. The van der Waals surface area contributed by atoms with Crippen LogP contribution in [0.3, 0.4) is 0 Å². The number of aromatic nitrogens is 2. The van der Waals surface area contributed by atoms with Gasteiger partial charge in [-0.15, -0.1) is 0 Å². The van der Waals surface area contributed by atoms with E-state index in [1.54, 1.807) is 24.3 Å². The normalized spacial score (nSPS) is 20.1. The molecule has 0 saturated heterocycles. The van der Waals surface area contributed by atoms with Crippen molar-refractivity contribution in [3.63, 3.8) is 0 Å². The summed E-state index contributed by atoms with van der Waals surface area (Å²) < 4.78 is 0. The van der Waals surface area contributed by atoms with Crippen LogP contribution in [0.5, 0.6) is 5.75 Å². The molecule has 1 aromatic heterocycles. The predicted octanol–water partition coefficient (Wildman–Crippen LogP) is 4.18. The number of hydrogen-bond donors (Lipinski definition) is 3. The third-order valence-corrected chi connectivity index (χ3v) is 6.45. The minimum Gasteiger partial charge on any atom is -0.508 e. The van der Waals surface area contributed by atoms with Crippen LogP contribution in [0, 0.1) is 5.41 Å². The third-order valence-electron chi connectivity index (χ3n) is 5.37. The van der Waals surface area contributed by atoms with Crippen LogP contribution < -0.4 is 10.9 Å². The SMILES string of the molecule is CCCSc1nc2c(c(=O)[nH]1)C(c1ccc(O)cc1)C1=C(CC(C)(C)CC1=O)N2. The molecule has 2 aliphatic rings. The van der Waals surface area contributed by atoms with Crippen molar-refractivity contribution in [1.29, 1.82) is 0 Å². The molecule has 6 nitrogen and oxygen atoms in total.